The third-order valence-electron chi connectivity index (χ3n) is 7.65. The van der Waals surface area contributed by atoms with Gasteiger partial charge in [-0.05, 0) is 101 Å². The number of fused-ring (bicyclic) bond motifs is 2. The summed E-state index contributed by atoms with van der Waals surface area (Å²) in [6.45, 7) is 10.0. The van der Waals surface area contributed by atoms with Gasteiger partial charge < -0.3 is 28.9 Å². The van der Waals surface area contributed by atoms with Crippen LogP contribution in [-0.4, -0.2) is 43.3 Å². The molecule has 2 atom stereocenters. The van der Waals surface area contributed by atoms with Gasteiger partial charge >= 0.3 is 23.4 Å². The van der Waals surface area contributed by atoms with E-state index in [9.17, 15) is 36.7 Å². The zero-order chi connectivity index (χ0) is 44.1. The maximum Gasteiger partial charge on any atom is 0.408 e. The van der Waals surface area contributed by atoms with E-state index in [0.29, 0.717) is 0 Å². The highest BCUT2D eigenvalue weighted by Crippen LogP contribution is 2.23. The first-order valence-corrected chi connectivity index (χ1v) is 18.6. The van der Waals surface area contributed by atoms with Gasteiger partial charge in [-0.3, -0.25) is 0 Å². The minimum atomic E-state index is -1.07. The Morgan fingerprint density at radius 1 is 0.600 bits per heavy atom. The molecule has 0 saturated heterocycles. The van der Waals surface area contributed by atoms with E-state index in [1.165, 1.54) is 24.3 Å². The molecule has 60 heavy (non-hydrogen) atoms. The lowest BCUT2D eigenvalue weighted by atomic mass is 10.1. The summed E-state index contributed by atoms with van der Waals surface area (Å²) in [5.41, 5.74) is -2.67. The molecule has 0 aliphatic carbocycles. The molecule has 0 unspecified atom stereocenters. The molecule has 0 aliphatic heterocycles. The van der Waals surface area contributed by atoms with Crippen LogP contribution in [0.15, 0.2) is 79.1 Å². The van der Waals surface area contributed by atoms with E-state index in [2.05, 4.69) is 30.6 Å². The van der Waals surface area contributed by atoms with Crippen LogP contribution in [0.25, 0.3) is 22.1 Å². The number of carbonyl (C=O) groups is 2. The number of hydrogen-bond donors (Lipinski definition) is 2. The first kappa shape index (κ1) is 45.0. The standard InChI is InChI=1S/2C20H18ClF2N3O4/c2*1-20(2,3)30-19(28)24-14(8-10-6-11(22)9-12(23)7-10)17-26-16-13(18(27)29-17)4-5-15(21)25-16/h2*4-7,9,14H,8H2,1-3H3,(H,24,28)/t2*14-/m10/s1. The molecular weight excluding hydrogens is 839 g/mol. The second-order valence-corrected chi connectivity index (χ2v) is 15.8. The van der Waals surface area contributed by atoms with Gasteiger partial charge in [-0.2, -0.15) is 9.97 Å². The Kier molecular flexibility index (Phi) is 13.8. The number of pyridine rings is 2. The number of nitrogens with zero attached hydrogens (tertiary/aromatic N) is 4. The molecule has 0 radical (unpaired) electrons. The van der Waals surface area contributed by atoms with Crippen molar-refractivity contribution in [2.45, 2.75) is 77.7 Å². The van der Waals surface area contributed by atoms with Gasteiger partial charge in [0.1, 0.15) is 67.6 Å². The van der Waals surface area contributed by atoms with Crippen LogP contribution in [-0.2, 0) is 22.3 Å². The Hall–Kier alpha value is -6.14. The van der Waals surface area contributed by atoms with Crippen molar-refractivity contribution in [3.63, 3.8) is 0 Å². The lowest BCUT2D eigenvalue weighted by molar-refractivity contribution is 0.0483. The largest absolute Gasteiger partial charge is 0.444 e. The van der Waals surface area contributed by atoms with Crippen molar-refractivity contribution in [3.05, 3.63) is 138 Å². The van der Waals surface area contributed by atoms with Crippen LogP contribution in [0.3, 0.4) is 0 Å². The number of hydrogen-bond acceptors (Lipinski definition) is 12. The molecule has 14 nitrogen and oxygen atoms in total. The summed E-state index contributed by atoms with van der Waals surface area (Å²) < 4.78 is 75.4. The molecule has 0 saturated carbocycles. The normalized spacial score (nSPS) is 12.6. The second kappa shape index (κ2) is 18.4. The fourth-order valence-corrected chi connectivity index (χ4v) is 5.71. The van der Waals surface area contributed by atoms with Gasteiger partial charge in [-0.15, -0.1) is 0 Å². The van der Waals surface area contributed by atoms with Gasteiger partial charge in [0.25, 0.3) is 0 Å². The van der Waals surface area contributed by atoms with E-state index in [-0.39, 0.29) is 68.1 Å². The van der Waals surface area contributed by atoms with Crippen molar-refractivity contribution < 1.29 is 45.5 Å². The molecule has 0 aliphatic rings. The zero-order valence-corrected chi connectivity index (χ0v) is 34.2. The van der Waals surface area contributed by atoms with Crippen molar-refractivity contribution in [2.24, 2.45) is 0 Å². The molecule has 2 amide bonds. The molecule has 6 aromatic rings. The van der Waals surface area contributed by atoms with Gasteiger partial charge in [0.2, 0.25) is 11.8 Å². The molecule has 2 N–H and O–H groups in total. The van der Waals surface area contributed by atoms with E-state index in [1.54, 1.807) is 41.5 Å². The van der Waals surface area contributed by atoms with E-state index < -0.39 is 70.0 Å². The van der Waals surface area contributed by atoms with E-state index in [1.807, 2.05) is 0 Å². The summed E-state index contributed by atoms with van der Waals surface area (Å²) in [4.78, 5) is 65.6. The number of nitrogens with one attached hydrogen (secondary N) is 2. The van der Waals surface area contributed by atoms with Gasteiger partial charge in [0, 0.05) is 25.0 Å². The second-order valence-electron chi connectivity index (χ2n) is 15.1. The predicted molar refractivity (Wildman–Crippen MR) is 211 cm³/mol. The quantitative estimate of drug-likeness (QED) is 0.110. The number of alkyl carbamates (subject to hydrolysis) is 2. The lowest BCUT2D eigenvalue weighted by Crippen LogP contribution is -2.36. The minimum absolute atomic E-state index is 0.00941. The summed E-state index contributed by atoms with van der Waals surface area (Å²) in [6.07, 6.45) is -1.91. The Morgan fingerprint density at radius 2 is 0.933 bits per heavy atom. The summed E-state index contributed by atoms with van der Waals surface area (Å²) in [5, 5.41) is 5.44. The molecular formula is C40H36Cl2F4N6O8. The van der Waals surface area contributed by atoms with Crippen molar-refractivity contribution >= 4 is 57.5 Å². The Morgan fingerprint density at radius 3 is 1.25 bits per heavy atom. The molecule has 4 heterocycles. The maximum atomic E-state index is 13.6. The first-order valence-electron chi connectivity index (χ1n) is 17.8. The third-order valence-corrected chi connectivity index (χ3v) is 8.07. The molecule has 6 rings (SSSR count). The average Bonchev–Trinajstić information content (AvgIpc) is 3.08. The summed E-state index contributed by atoms with van der Waals surface area (Å²) in [5.74, 6) is -3.58. The predicted octanol–water partition coefficient (Wildman–Crippen LogP) is 8.65. The molecule has 2 aromatic carbocycles. The van der Waals surface area contributed by atoms with Crippen LogP contribution in [0.2, 0.25) is 10.3 Å². The number of halogens is 6. The highest BCUT2D eigenvalue weighted by atomic mass is 35.5. The van der Waals surface area contributed by atoms with Gasteiger partial charge in [-0.25, -0.2) is 46.7 Å². The number of carbonyl (C=O) groups excluding carboxylic acids is 2. The smallest absolute Gasteiger partial charge is 0.408 e. The monoisotopic (exact) mass is 874 g/mol. The fraction of sp³-hybridized carbons (Fsp3) is 0.300. The average molecular weight is 876 g/mol. The molecule has 0 bridgehead atoms. The van der Waals surface area contributed by atoms with Crippen LogP contribution in [0, 0.1) is 23.3 Å². The van der Waals surface area contributed by atoms with Crippen LogP contribution in [0.4, 0.5) is 27.2 Å². The molecule has 316 valence electrons. The number of ether oxygens (including phenoxy) is 2. The van der Waals surface area contributed by atoms with Crippen molar-refractivity contribution in [3.8, 4) is 0 Å². The van der Waals surface area contributed by atoms with Gasteiger partial charge in [0.05, 0.1) is 0 Å². The Bertz CT molecular complexity index is 2460. The minimum Gasteiger partial charge on any atom is -0.444 e. The first-order chi connectivity index (χ1) is 28.0. The van der Waals surface area contributed by atoms with Crippen LogP contribution >= 0.6 is 23.2 Å². The van der Waals surface area contributed by atoms with E-state index in [0.717, 1.165) is 36.4 Å². The molecule has 0 fully saturated rings. The molecule has 0 spiro atoms. The number of rotatable bonds is 8. The van der Waals surface area contributed by atoms with Crippen molar-refractivity contribution in [1.29, 1.82) is 0 Å². The summed E-state index contributed by atoms with van der Waals surface area (Å²) in [7, 11) is 0. The topological polar surface area (TPSA) is 189 Å². The van der Waals surface area contributed by atoms with Crippen LogP contribution in [0.5, 0.6) is 0 Å². The van der Waals surface area contributed by atoms with Crippen molar-refractivity contribution in [1.82, 2.24) is 30.6 Å². The Balaban J connectivity index is 0.000000228. The summed E-state index contributed by atoms with van der Waals surface area (Å²) >= 11 is 11.7. The molecule has 20 heteroatoms. The maximum absolute atomic E-state index is 13.6. The van der Waals surface area contributed by atoms with Crippen LogP contribution < -0.4 is 21.9 Å². The fourth-order valence-electron chi connectivity index (χ4n) is 5.42. The molecule has 4 aromatic heterocycles. The SMILES string of the molecule is CC(C)(C)OC(=O)N[C@@H](Cc1cc(F)cc(F)c1)c1nc2nc(Cl)ccc2c(=O)o1.CC(C)(C)OC(=O)N[C@H](Cc1cc(F)cc(F)c1)c1nc2nc(Cl)ccc2c(=O)o1. The van der Waals surface area contributed by atoms with Crippen molar-refractivity contribution in [2.75, 3.05) is 0 Å². The Labute approximate surface area is 348 Å². The van der Waals surface area contributed by atoms with Gasteiger partial charge in [-0.1, -0.05) is 23.2 Å². The van der Waals surface area contributed by atoms with E-state index in [4.69, 9.17) is 41.5 Å². The van der Waals surface area contributed by atoms with E-state index >= 15 is 0 Å². The number of amides is 2. The number of benzene rings is 2. The summed E-state index contributed by atoms with van der Waals surface area (Å²) in [6, 6.07) is 9.34. The zero-order valence-electron chi connectivity index (χ0n) is 32.7. The lowest BCUT2D eigenvalue weighted by Gasteiger charge is -2.23. The highest BCUT2D eigenvalue weighted by molar-refractivity contribution is 6.30. The third kappa shape index (κ3) is 12.9. The van der Waals surface area contributed by atoms with Gasteiger partial charge in [0.15, 0.2) is 11.3 Å². The van der Waals surface area contributed by atoms with Crippen LogP contribution in [0.1, 0.15) is 76.5 Å². The highest BCUT2D eigenvalue weighted by Gasteiger charge is 2.27. The number of aromatic nitrogens is 4.